The summed E-state index contributed by atoms with van der Waals surface area (Å²) < 4.78 is 0. The number of anilines is 2. The summed E-state index contributed by atoms with van der Waals surface area (Å²) in [5, 5.41) is 0. The Morgan fingerprint density at radius 1 is 1.12 bits per heavy atom. The van der Waals surface area contributed by atoms with Gasteiger partial charge in [0.05, 0.1) is 5.88 Å². The fourth-order valence-electron chi connectivity index (χ4n) is 1.61. The molecule has 1 aromatic heterocycles. The number of alkyl halides is 1. The Hall–Kier alpha value is -1.54. The van der Waals surface area contributed by atoms with Gasteiger partial charge in [0, 0.05) is 24.5 Å². The molecular formula is C13H13ClN2. The van der Waals surface area contributed by atoms with Crippen LogP contribution in [0, 0.1) is 0 Å². The Bertz CT molecular complexity index is 456. The molecule has 0 aliphatic heterocycles. The summed E-state index contributed by atoms with van der Waals surface area (Å²) in [4.78, 5) is 6.41. The van der Waals surface area contributed by atoms with Gasteiger partial charge < -0.3 is 4.90 Å². The zero-order valence-corrected chi connectivity index (χ0v) is 9.85. The molecule has 0 spiro atoms. The first kappa shape index (κ1) is 11.0. The molecule has 16 heavy (non-hydrogen) atoms. The third-order valence-corrected chi connectivity index (χ3v) is 2.76. The Kier molecular flexibility index (Phi) is 3.42. The molecule has 2 nitrogen and oxygen atoms in total. The first-order valence-electron chi connectivity index (χ1n) is 5.11. The average Bonchev–Trinajstić information content (AvgIpc) is 2.39. The van der Waals surface area contributed by atoms with Gasteiger partial charge in [0.15, 0.2) is 0 Å². The number of benzene rings is 1. The Morgan fingerprint density at radius 3 is 2.56 bits per heavy atom. The second kappa shape index (κ2) is 4.99. The average molecular weight is 233 g/mol. The summed E-state index contributed by atoms with van der Waals surface area (Å²) in [6, 6.07) is 14.0. The third-order valence-electron chi connectivity index (χ3n) is 2.47. The molecule has 2 aromatic rings. The summed E-state index contributed by atoms with van der Waals surface area (Å²) >= 11 is 5.90. The number of hydrogen-bond donors (Lipinski definition) is 0. The van der Waals surface area contributed by atoms with Crippen molar-refractivity contribution in [3.8, 4) is 0 Å². The summed E-state index contributed by atoms with van der Waals surface area (Å²) in [6.45, 7) is 0. The van der Waals surface area contributed by atoms with Crippen LogP contribution in [0.15, 0.2) is 48.7 Å². The van der Waals surface area contributed by atoms with Crippen LogP contribution in [0.1, 0.15) is 5.56 Å². The predicted molar refractivity (Wildman–Crippen MR) is 68.3 cm³/mol. The molecule has 0 saturated carbocycles. The number of para-hydroxylation sites is 1. The monoisotopic (exact) mass is 232 g/mol. The van der Waals surface area contributed by atoms with Crippen LogP contribution < -0.4 is 4.90 Å². The third kappa shape index (κ3) is 2.17. The molecule has 0 aliphatic rings. The van der Waals surface area contributed by atoms with E-state index in [2.05, 4.69) is 4.98 Å². The highest BCUT2D eigenvalue weighted by atomic mass is 35.5. The van der Waals surface area contributed by atoms with Crippen molar-refractivity contribution in [3.63, 3.8) is 0 Å². The second-order valence-corrected chi connectivity index (χ2v) is 3.78. The van der Waals surface area contributed by atoms with E-state index < -0.39 is 0 Å². The number of rotatable bonds is 3. The normalized spacial score (nSPS) is 10.1. The van der Waals surface area contributed by atoms with Gasteiger partial charge in [-0.05, 0) is 18.2 Å². The van der Waals surface area contributed by atoms with Crippen LogP contribution in [-0.4, -0.2) is 12.0 Å². The highest BCUT2D eigenvalue weighted by Crippen LogP contribution is 2.25. The van der Waals surface area contributed by atoms with Gasteiger partial charge in [-0.1, -0.05) is 24.3 Å². The lowest BCUT2D eigenvalue weighted by atomic mass is 10.2. The minimum absolute atomic E-state index is 0.473. The summed E-state index contributed by atoms with van der Waals surface area (Å²) in [6.07, 6.45) is 1.78. The van der Waals surface area contributed by atoms with Crippen molar-refractivity contribution in [3.05, 3.63) is 54.2 Å². The fraction of sp³-hybridized carbons (Fsp3) is 0.154. The zero-order chi connectivity index (χ0) is 11.4. The molecule has 1 aromatic carbocycles. The minimum Gasteiger partial charge on any atom is -0.329 e. The first-order valence-corrected chi connectivity index (χ1v) is 5.65. The van der Waals surface area contributed by atoms with Crippen LogP contribution in [0.5, 0.6) is 0 Å². The Labute approximate surface area is 101 Å². The van der Waals surface area contributed by atoms with Gasteiger partial charge in [-0.3, -0.25) is 0 Å². The summed E-state index contributed by atoms with van der Waals surface area (Å²) in [5.74, 6) is 1.38. The molecule has 1 heterocycles. The van der Waals surface area contributed by atoms with E-state index in [9.17, 15) is 0 Å². The molecule has 0 fully saturated rings. The van der Waals surface area contributed by atoms with Gasteiger partial charge in [-0.2, -0.15) is 0 Å². The smallest absolute Gasteiger partial charge is 0.137 e. The van der Waals surface area contributed by atoms with E-state index in [-0.39, 0.29) is 0 Å². The first-order chi connectivity index (χ1) is 7.83. The molecule has 0 radical (unpaired) electrons. The summed E-state index contributed by atoms with van der Waals surface area (Å²) in [7, 11) is 1.99. The summed E-state index contributed by atoms with van der Waals surface area (Å²) in [5.41, 5.74) is 2.14. The second-order valence-electron chi connectivity index (χ2n) is 3.51. The van der Waals surface area contributed by atoms with E-state index in [0.717, 1.165) is 17.1 Å². The Balaban J connectivity index is 2.37. The van der Waals surface area contributed by atoms with E-state index in [1.807, 2.05) is 54.4 Å². The van der Waals surface area contributed by atoms with Crippen LogP contribution >= 0.6 is 11.6 Å². The van der Waals surface area contributed by atoms with Gasteiger partial charge in [0.25, 0.3) is 0 Å². The lowest BCUT2D eigenvalue weighted by Crippen LogP contribution is -2.12. The lowest BCUT2D eigenvalue weighted by Gasteiger charge is -2.20. The Morgan fingerprint density at radius 2 is 1.88 bits per heavy atom. The predicted octanol–water partition coefficient (Wildman–Crippen LogP) is 3.59. The molecule has 0 saturated heterocycles. The van der Waals surface area contributed by atoms with Crippen molar-refractivity contribution in [1.29, 1.82) is 0 Å². The van der Waals surface area contributed by atoms with E-state index in [1.165, 1.54) is 0 Å². The maximum absolute atomic E-state index is 5.90. The maximum Gasteiger partial charge on any atom is 0.137 e. The fourth-order valence-corrected chi connectivity index (χ4v) is 1.82. The van der Waals surface area contributed by atoms with Crippen LogP contribution in [0.25, 0.3) is 0 Å². The number of aromatic nitrogens is 1. The van der Waals surface area contributed by atoms with Gasteiger partial charge in [0.2, 0.25) is 0 Å². The molecule has 82 valence electrons. The van der Waals surface area contributed by atoms with Crippen LogP contribution in [0.4, 0.5) is 11.5 Å². The SMILES string of the molecule is CN(c1ccccc1)c1ncccc1CCl. The minimum atomic E-state index is 0.473. The topological polar surface area (TPSA) is 16.1 Å². The van der Waals surface area contributed by atoms with Crippen molar-refractivity contribution in [1.82, 2.24) is 4.98 Å². The van der Waals surface area contributed by atoms with Crippen molar-refractivity contribution < 1.29 is 0 Å². The van der Waals surface area contributed by atoms with E-state index in [0.29, 0.717) is 5.88 Å². The van der Waals surface area contributed by atoms with Crippen molar-refractivity contribution >= 4 is 23.1 Å². The van der Waals surface area contributed by atoms with E-state index >= 15 is 0 Å². The van der Waals surface area contributed by atoms with Gasteiger partial charge in [0.1, 0.15) is 5.82 Å². The van der Waals surface area contributed by atoms with Crippen LogP contribution in [0.2, 0.25) is 0 Å². The maximum atomic E-state index is 5.90. The molecule has 0 atom stereocenters. The van der Waals surface area contributed by atoms with Crippen LogP contribution in [-0.2, 0) is 5.88 Å². The molecule has 0 N–H and O–H groups in total. The highest BCUT2D eigenvalue weighted by molar-refractivity contribution is 6.17. The number of halogens is 1. The van der Waals surface area contributed by atoms with Gasteiger partial charge in [-0.15, -0.1) is 11.6 Å². The van der Waals surface area contributed by atoms with E-state index in [1.54, 1.807) is 6.20 Å². The molecule has 0 aliphatic carbocycles. The largest absolute Gasteiger partial charge is 0.329 e. The molecule has 0 amide bonds. The zero-order valence-electron chi connectivity index (χ0n) is 9.10. The number of hydrogen-bond acceptors (Lipinski definition) is 2. The molecule has 0 bridgehead atoms. The quantitative estimate of drug-likeness (QED) is 0.752. The van der Waals surface area contributed by atoms with Crippen molar-refractivity contribution in [2.45, 2.75) is 5.88 Å². The van der Waals surface area contributed by atoms with Gasteiger partial charge >= 0.3 is 0 Å². The molecule has 2 rings (SSSR count). The van der Waals surface area contributed by atoms with Crippen LogP contribution in [0.3, 0.4) is 0 Å². The number of nitrogens with zero attached hydrogens (tertiary/aromatic N) is 2. The molecular weight excluding hydrogens is 220 g/mol. The van der Waals surface area contributed by atoms with Crippen molar-refractivity contribution in [2.75, 3.05) is 11.9 Å². The molecule has 0 unspecified atom stereocenters. The number of pyridine rings is 1. The lowest BCUT2D eigenvalue weighted by molar-refractivity contribution is 1.09. The van der Waals surface area contributed by atoms with Gasteiger partial charge in [-0.25, -0.2) is 4.98 Å². The molecule has 3 heteroatoms. The standard InChI is InChI=1S/C13H13ClN2/c1-16(12-7-3-2-4-8-12)13-11(10-14)6-5-9-15-13/h2-9H,10H2,1H3. The van der Waals surface area contributed by atoms with Crippen molar-refractivity contribution in [2.24, 2.45) is 0 Å². The van der Waals surface area contributed by atoms with E-state index in [4.69, 9.17) is 11.6 Å². The highest BCUT2D eigenvalue weighted by Gasteiger charge is 2.08.